The van der Waals surface area contributed by atoms with Crippen LogP contribution in [0.4, 0.5) is 0 Å². The van der Waals surface area contributed by atoms with Gasteiger partial charge < -0.3 is 4.85 Å². The van der Waals surface area contributed by atoms with Gasteiger partial charge in [0.25, 0.3) is 0 Å². The first-order chi connectivity index (χ1) is 4.77. The van der Waals surface area contributed by atoms with Gasteiger partial charge in [-0.25, -0.2) is 6.57 Å². The largest absolute Gasteiger partial charge is 0.316 e. The zero-order chi connectivity index (χ0) is 7.45. The molecule has 1 atom stereocenters. The van der Waals surface area contributed by atoms with Crippen LogP contribution in [0.15, 0.2) is 24.3 Å². The molecule has 0 unspecified atom stereocenters. The van der Waals surface area contributed by atoms with Crippen LogP contribution in [0.25, 0.3) is 4.85 Å². The van der Waals surface area contributed by atoms with Gasteiger partial charge in [-0.1, -0.05) is 24.3 Å². The monoisotopic (exact) mass is 133 g/mol. The maximum Gasteiger partial charge on any atom is 0.223 e. The van der Waals surface area contributed by atoms with E-state index in [1.807, 2.05) is 12.2 Å². The highest BCUT2D eigenvalue weighted by molar-refractivity contribution is 5.16. The minimum Gasteiger partial charge on any atom is -0.316 e. The predicted octanol–water partition coefficient (Wildman–Crippen LogP) is 2.43. The van der Waals surface area contributed by atoms with Crippen LogP contribution in [-0.2, 0) is 0 Å². The fraction of sp³-hybridized carbons (Fsp3) is 0.444. The Morgan fingerprint density at radius 3 is 2.90 bits per heavy atom. The van der Waals surface area contributed by atoms with E-state index in [1.165, 1.54) is 0 Å². The summed E-state index contributed by atoms with van der Waals surface area (Å²) in [6.07, 6.45) is 9.29. The molecule has 0 aromatic heterocycles. The van der Waals surface area contributed by atoms with E-state index in [4.69, 9.17) is 6.57 Å². The van der Waals surface area contributed by atoms with E-state index in [9.17, 15) is 0 Å². The molecule has 10 heavy (non-hydrogen) atoms. The summed E-state index contributed by atoms with van der Waals surface area (Å²) >= 11 is 0. The summed E-state index contributed by atoms with van der Waals surface area (Å²) in [4.78, 5) is 3.40. The van der Waals surface area contributed by atoms with Crippen molar-refractivity contribution in [3.05, 3.63) is 35.7 Å². The first kappa shape index (κ1) is 7.08. The van der Waals surface area contributed by atoms with Crippen LogP contribution in [0.1, 0.15) is 13.3 Å². The van der Waals surface area contributed by atoms with Gasteiger partial charge in [-0.2, -0.15) is 0 Å². The van der Waals surface area contributed by atoms with Crippen molar-refractivity contribution >= 4 is 0 Å². The van der Waals surface area contributed by atoms with E-state index in [0.29, 0.717) is 6.54 Å². The van der Waals surface area contributed by atoms with E-state index < -0.39 is 0 Å². The summed E-state index contributed by atoms with van der Waals surface area (Å²) in [5.41, 5.74) is 0.108. The highest BCUT2D eigenvalue weighted by Crippen LogP contribution is 2.26. The Labute approximate surface area is 61.9 Å². The van der Waals surface area contributed by atoms with Crippen molar-refractivity contribution in [1.29, 1.82) is 0 Å². The van der Waals surface area contributed by atoms with Gasteiger partial charge in [-0.05, 0) is 13.3 Å². The quantitative estimate of drug-likeness (QED) is 0.484. The minimum atomic E-state index is 0.108. The maximum absolute atomic E-state index is 6.73. The van der Waals surface area contributed by atoms with Crippen molar-refractivity contribution in [2.45, 2.75) is 13.3 Å². The molecule has 0 aromatic carbocycles. The third-order valence-corrected chi connectivity index (χ3v) is 1.77. The van der Waals surface area contributed by atoms with Crippen LogP contribution in [0.2, 0.25) is 0 Å². The SMILES string of the molecule is [C-]#[N+]C[C@]1(C)C=CC=CC1. The van der Waals surface area contributed by atoms with Crippen LogP contribution in [0.3, 0.4) is 0 Å². The first-order valence-electron chi connectivity index (χ1n) is 3.44. The van der Waals surface area contributed by atoms with Crippen LogP contribution in [-0.4, -0.2) is 6.54 Å². The number of hydrogen-bond donors (Lipinski definition) is 0. The van der Waals surface area contributed by atoms with E-state index in [2.05, 4.69) is 23.9 Å². The molecule has 0 aromatic rings. The highest BCUT2D eigenvalue weighted by atomic mass is 14.7. The Kier molecular flexibility index (Phi) is 1.91. The Morgan fingerprint density at radius 1 is 1.60 bits per heavy atom. The molecule has 0 heterocycles. The smallest absolute Gasteiger partial charge is 0.223 e. The normalized spacial score (nSPS) is 30.0. The van der Waals surface area contributed by atoms with Crippen molar-refractivity contribution in [1.82, 2.24) is 0 Å². The summed E-state index contributed by atoms with van der Waals surface area (Å²) in [6.45, 7) is 9.45. The third-order valence-electron chi connectivity index (χ3n) is 1.77. The summed E-state index contributed by atoms with van der Waals surface area (Å²) in [5.74, 6) is 0. The second-order valence-corrected chi connectivity index (χ2v) is 2.96. The fourth-order valence-electron chi connectivity index (χ4n) is 1.07. The van der Waals surface area contributed by atoms with Gasteiger partial charge >= 0.3 is 0 Å². The average molecular weight is 133 g/mol. The Bertz CT molecular complexity index is 207. The molecule has 1 nitrogen and oxygen atoms in total. The highest BCUT2D eigenvalue weighted by Gasteiger charge is 2.23. The van der Waals surface area contributed by atoms with Crippen LogP contribution in [0.5, 0.6) is 0 Å². The van der Waals surface area contributed by atoms with Crippen LogP contribution < -0.4 is 0 Å². The molecule has 0 amide bonds. The molecule has 1 aliphatic rings. The summed E-state index contributed by atoms with van der Waals surface area (Å²) < 4.78 is 0. The number of allylic oxidation sites excluding steroid dienone is 3. The summed E-state index contributed by atoms with van der Waals surface area (Å²) in [5, 5.41) is 0. The molecule has 52 valence electrons. The van der Waals surface area contributed by atoms with Gasteiger partial charge in [0.05, 0.1) is 5.41 Å². The average Bonchev–Trinajstić information content (AvgIpc) is 1.89. The van der Waals surface area contributed by atoms with Gasteiger partial charge in [0, 0.05) is 0 Å². The molecule has 0 saturated heterocycles. The van der Waals surface area contributed by atoms with Crippen molar-refractivity contribution in [3.63, 3.8) is 0 Å². The molecule has 0 N–H and O–H groups in total. The van der Waals surface area contributed by atoms with Crippen molar-refractivity contribution < 1.29 is 0 Å². The standard InChI is InChI=1S/C9H11N/c1-9(8-10-2)6-4-3-5-7-9/h3-6H,7-8H2,1H3/t9-/m1/s1. The number of nitrogens with zero attached hydrogens (tertiary/aromatic N) is 1. The molecule has 1 rings (SSSR count). The van der Waals surface area contributed by atoms with Gasteiger partial charge in [0.1, 0.15) is 0 Å². The lowest BCUT2D eigenvalue weighted by Crippen LogP contribution is -2.16. The lowest BCUT2D eigenvalue weighted by atomic mass is 9.84. The topological polar surface area (TPSA) is 4.36 Å². The number of hydrogen-bond acceptors (Lipinski definition) is 0. The number of rotatable bonds is 1. The fourth-order valence-corrected chi connectivity index (χ4v) is 1.07. The Balaban J connectivity index is 2.63. The van der Waals surface area contributed by atoms with Gasteiger partial charge in [-0.15, -0.1) is 0 Å². The molecule has 0 fully saturated rings. The van der Waals surface area contributed by atoms with Crippen molar-refractivity contribution in [2.75, 3.05) is 6.54 Å². The minimum absolute atomic E-state index is 0.108. The second-order valence-electron chi connectivity index (χ2n) is 2.96. The molecule has 0 saturated carbocycles. The lowest BCUT2D eigenvalue weighted by Gasteiger charge is -2.19. The van der Waals surface area contributed by atoms with E-state index in [0.717, 1.165) is 6.42 Å². The van der Waals surface area contributed by atoms with E-state index in [-0.39, 0.29) is 5.41 Å². The molecule has 1 heteroatoms. The molecule has 0 radical (unpaired) electrons. The molecule has 1 aliphatic carbocycles. The summed E-state index contributed by atoms with van der Waals surface area (Å²) in [6, 6.07) is 0. The predicted molar refractivity (Wildman–Crippen MR) is 42.5 cm³/mol. The maximum atomic E-state index is 6.73. The molecular formula is C9H11N. The lowest BCUT2D eigenvalue weighted by molar-refractivity contribution is 0.470. The van der Waals surface area contributed by atoms with Crippen molar-refractivity contribution in [2.24, 2.45) is 5.41 Å². The summed E-state index contributed by atoms with van der Waals surface area (Å²) in [7, 11) is 0. The van der Waals surface area contributed by atoms with Crippen molar-refractivity contribution in [3.8, 4) is 0 Å². The van der Waals surface area contributed by atoms with Gasteiger partial charge in [0.15, 0.2) is 0 Å². The first-order valence-corrected chi connectivity index (χ1v) is 3.44. The Hall–Kier alpha value is -1.03. The second kappa shape index (κ2) is 2.70. The van der Waals surface area contributed by atoms with Gasteiger partial charge in [-0.3, -0.25) is 0 Å². The molecular weight excluding hydrogens is 122 g/mol. The zero-order valence-electron chi connectivity index (χ0n) is 6.17. The molecule has 0 aliphatic heterocycles. The van der Waals surface area contributed by atoms with Gasteiger partial charge in [0.2, 0.25) is 6.54 Å². The van der Waals surface area contributed by atoms with Crippen LogP contribution >= 0.6 is 0 Å². The van der Waals surface area contributed by atoms with Crippen LogP contribution in [0, 0.1) is 12.0 Å². The third kappa shape index (κ3) is 1.48. The van der Waals surface area contributed by atoms with E-state index >= 15 is 0 Å². The molecule has 0 spiro atoms. The Morgan fingerprint density at radius 2 is 2.40 bits per heavy atom. The zero-order valence-corrected chi connectivity index (χ0v) is 6.17. The van der Waals surface area contributed by atoms with E-state index in [1.54, 1.807) is 0 Å². The molecule has 0 bridgehead atoms.